The molecule has 1 fully saturated rings. The molecule has 0 bridgehead atoms. The average molecular weight is 248 g/mol. The fraction of sp³-hybridized carbons (Fsp3) is 0.667. The summed E-state index contributed by atoms with van der Waals surface area (Å²) in [6, 6.07) is 4.35. The molecule has 2 rings (SSSR count). The molecule has 0 saturated carbocycles. The number of rotatable bonds is 3. The molecule has 0 spiro atoms. The van der Waals surface area contributed by atoms with Crippen LogP contribution in [0.1, 0.15) is 38.3 Å². The molecule has 1 aromatic rings. The van der Waals surface area contributed by atoms with Crippen molar-refractivity contribution in [3.05, 3.63) is 34.2 Å². The molecule has 1 aliphatic rings. The zero-order valence-corrected chi connectivity index (χ0v) is 11.7. The van der Waals surface area contributed by atoms with Gasteiger partial charge < -0.3 is 9.47 Å². The van der Waals surface area contributed by atoms with Gasteiger partial charge in [0.1, 0.15) is 0 Å². The van der Waals surface area contributed by atoms with Crippen LogP contribution >= 0.6 is 0 Å². The van der Waals surface area contributed by atoms with Gasteiger partial charge in [-0.1, -0.05) is 19.9 Å². The summed E-state index contributed by atoms with van der Waals surface area (Å²) in [6.07, 6.45) is 5.13. The van der Waals surface area contributed by atoms with Crippen LogP contribution in [0.4, 0.5) is 0 Å². The summed E-state index contributed by atoms with van der Waals surface area (Å²) in [7, 11) is 2.13. The van der Waals surface area contributed by atoms with Crippen LogP contribution in [0.25, 0.3) is 0 Å². The lowest BCUT2D eigenvalue weighted by molar-refractivity contribution is 0.209. The smallest absolute Gasteiger partial charge is 0.254 e. The molecule has 3 nitrogen and oxygen atoms in total. The molecule has 0 aliphatic carbocycles. The highest BCUT2D eigenvalue weighted by Gasteiger charge is 2.20. The summed E-state index contributed by atoms with van der Waals surface area (Å²) in [6.45, 7) is 6.46. The monoisotopic (exact) mass is 248 g/mol. The number of hydrogen-bond donors (Lipinski definition) is 0. The molecule has 1 aromatic heterocycles. The van der Waals surface area contributed by atoms with Crippen LogP contribution < -0.4 is 5.56 Å². The van der Waals surface area contributed by atoms with Crippen molar-refractivity contribution >= 4 is 0 Å². The van der Waals surface area contributed by atoms with E-state index in [4.69, 9.17) is 0 Å². The van der Waals surface area contributed by atoms with Gasteiger partial charge in [-0.05, 0) is 44.8 Å². The summed E-state index contributed by atoms with van der Waals surface area (Å²) in [5.74, 6) is 0.530. The van der Waals surface area contributed by atoms with E-state index in [0.717, 1.165) is 31.5 Å². The lowest BCUT2D eigenvalue weighted by Gasteiger charge is -2.31. The second-order valence-electron chi connectivity index (χ2n) is 5.90. The normalized spacial score (nSPS) is 21.4. The largest absolute Gasteiger partial charge is 0.311 e. The van der Waals surface area contributed by atoms with Gasteiger partial charge in [0.15, 0.2) is 0 Å². The third kappa shape index (κ3) is 3.02. The Kier molecular flexibility index (Phi) is 4.23. The number of nitrogens with zero attached hydrogens (tertiary/aromatic N) is 2. The molecule has 0 N–H and O–H groups in total. The minimum absolute atomic E-state index is 0.214. The van der Waals surface area contributed by atoms with E-state index in [1.807, 2.05) is 22.9 Å². The average Bonchev–Trinajstić information content (AvgIpc) is 2.31. The highest BCUT2D eigenvalue weighted by atomic mass is 16.1. The van der Waals surface area contributed by atoms with Gasteiger partial charge in [-0.3, -0.25) is 4.79 Å². The van der Waals surface area contributed by atoms with E-state index in [-0.39, 0.29) is 5.56 Å². The Bertz CT molecular complexity index is 450. The first-order valence-electron chi connectivity index (χ1n) is 6.96. The predicted octanol–water partition coefficient (Wildman–Crippen LogP) is 2.31. The lowest BCUT2D eigenvalue weighted by atomic mass is 10.0. The fourth-order valence-electron chi connectivity index (χ4n) is 2.81. The third-order valence-electron chi connectivity index (χ3n) is 3.67. The van der Waals surface area contributed by atoms with Crippen LogP contribution in [0, 0.1) is 5.92 Å². The first-order valence-corrected chi connectivity index (χ1v) is 6.96. The number of aromatic nitrogens is 1. The van der Waals surface area contributed by atoms with Gasteiger partial charge in [0.25, 0.3) is 5.56 Å². The number of piperidine rings is 1. The molecule has 1 saturated heterocycles. The molecule has 0 radical (unpaired) electrons. The van der Waals surface area contributed by atoms with Crippen molar-refractivity contribution in [2.75, 3.05) is 20.1 Å². The van der Waals surface area contributed by atoms with Crippen molar-refractivity contribution in [3.8, 4) is 0 Å². The van der Waals surface area contributed by atoms with Crippen LogP contribution in [-0.2, 0) is 6.42 Å². The Labute approximate surface area is 109 Å². The van der Waals surface area contributed by atoms with E-state index in [1.165, 1.54) is 6.42 Å². The minimum Gasteiger partial charge on any atom is -0.311 e. The van der Waals surface area contributed by atoms with Crippen LogP contribution in [0.5, 0.6) is 0 Å². The van der Waals surface area contributed by atoms with E-state index in [9.17, 15) is 4.79 Å². The Balaban J connectivity index is 2.25. The maximum Gasteiger partial charge on any atom is 0.254 e. The summed E-state index contributed by atoms with van der Waals surface area (Å²) in [4.78, 5) is 14.8. The lowest BCUT2D eigenvalue weighted by Crippen LogP contribution is -2.38. The third-order valence-corrected chi connectivity index (χ3v) is 3.67. The van der Waals surface area contributed by atoms with Crippen molar-refractivity contribution in [3.63, 3.8) is 0 Å². The van der Waals surface area contributed by atoms with Crippen LogP contribution in [0.2, 0.25) is 0 Å². The number of likely N-dealkylation sites (N-methyl/N-ethyl adjacent to an activating group) is 1. The van der Waals surface area contributed by atoms with Crippen molar-refractivity contribution in [2.45, 2.75) is 39.2 Å². The second kappa shape index (κ2) is 5.70. The van der Waals surface area contributed by atoms with Crippen LogP contribution in [-0.4, -0.2) is 29.6 Å². The molecule has 2 heterocycles. The fourth-order valence-corrected chi connectivity index (χ4v) is 2.81. The first kappa shape index (κ1) is 13.3. The molecule has 0 unspecified atom stereocenters. The van der Waals surface area contributed by atoms with Crippen LogP contribution in [0.3, 0.4) is 0 Å². The Morgan fingerprint density at radius 1 is 1.44 bits per heavy atom. The molecule has 100 valence electrons. The highest BCUT2D eigenvalue weighted by Crippen LogP contribution is 2.19. The maximum absolute atomic E-state index is 12.5. The molecular weight excluding hydrogens is 224 g/mol. The zero-order chi connectivity index (χ0) is 13.1. The van der Waals surface area contributed by atoms with Crippen molar-refractivity contribution in [1.29, 1.82) is 0 Å². The summed E-state index contributed by atoms with van der Waals surface area (Å²) in [5.41, 5.74) is 1.17. The van der Waals surface area contributed by atoms with Gasteiger partial charge in [0.2, 0.25) is 0 Å². The van der Waals surface area contributed by atoms with Crippen LogP contribution in [0.15, 0.2) is 23.1 Å². The van der Waals surface area contributed by atoms with E-state index in [2.05, 4.69) is 25.8 Å². The first-order chi connectivity index (χ1) is 8.58. The van der Waals surface area contributed by atoms with Crippen molar-refractivity contribution in [2.24, 2.45) is 5.92 Å². The summed E-state index contributed by atoms with van der Waals surface area (Å²) < 4.78 is 1.95. The van der Waals surface area contributed by atoms with E-state index in [0.29, 0.717) is 12.0 Å². The van der Waals surface area contributed by atoms with Gasteiger partial charge in [-0.15, -0.1) is 0 Å². The van der Waals surface area contributed by atoms with Gasteiger partial charge in [0, 0.05) is 24.3 Å². The van der Waals surface area contributed by atoms with Gasteiger partial charge in [-0.25, -0.2) is 0 Å². The van der Waals surface area contributed by atoms with Gasteiger partial charge in [0.05, 0.1) is 0 Å². The van der Waals surface area contributed by atoms with E-state index >= 15 is 0 Å². The van der Waals surface area contributed by atoms with Gasteiger partial charge in [-0.2, -0.15) is 0 Å². The standard InChI is InChI=1S/C15H24N2O/c1-12(2)10-13-6-4-9-17(15(13)18)14-7-5-8-16(3)11-14/h4,6,9,12,14H,5,7-8,10-11H2,1-3H3/t14-/m1/s1. The van der Waals surface area contributed by atoms with Gasteiger partial charge >= 0.3 is 0 Å². The van der Waals surface area contributed by atoms with E-state index in [1.54, 1.807) is 0 Å². The number of hydrogen-bond acceptors (Lipinski definition) is 2. The summed E-state index contributed by atoms with van der Waals surface area (Å²) in [5, 5.41) is 0. The summed E-state index contributed by atoms with van der Waals surface area (Å²) >= 11 is 0. The van der Waals surface area contributed by atoms with Crippen molar-refractivity contribution < 1.29 is 0 Å². The topological polar surface area (TPSA) is 25.2 Å². The molecule has 1 atom stereocenters. The quantitative estimate of drug-likeness (QED) is 0.820. The van der Waals surface area contributed by atoms with Crippen molar-refractivity contribution in [1.82, 2.24) is 9.47 Å². The molecule has 3 heteroatoms. The minimum atomic E-state index is 0.214. The molecule has 18 heavy (non-hydrogen) atoms. The Morgan fingerprint density at radius 3 is 2.89 bits per heavy atom. The highest BCUT2D eigenvalue weighted by molar-refractivity contribution is 5.12. The zero-order valence-electron chi connectivity index (χ0n) is 11.7. The van der Waals surface area contributed by atoms with E-state index < -0.39 is 0 Å². The molecule has 1 aliphatic heterocycles. The predicted molar refractivity (Wildman–Crippen MR) is 75.0 cm³/mol. The molecule has 0 aromatic carbocycles. The number of pyridine rings is 1. The number of likely N-dealkylation sites (tertiary alicyclic amines) is 1. The maximum atomic E-state index is 12.5. The second-order valence-corrected chi connectivity index (χ2v) is 5.90. The molecule has 0 amide bonds. The molecular formula is C15H24N2O. The SMILES string of the molecule is CC(C)Cc1cccn([C@@H]2CCCN(C)C2)c1=O. The Hall–Kier alpha value is -1.09. The Morgan fingerprint density at radius 2 is 2.22 bits per heavy atom.